The van der Waals surface area contributed by atoms with Crippen molar-refractivity contribution in [2.24, 2.45) is 5.73 Å². The number of nitrogens with two attached hydrogens (primary N) is 1. The molecule has 0 radical (unpaired) electrons. The van der Waals surface area contributed by atoms with Gasteiger partial charge in [-0.2, -0.15) is 0 Å². The summed E-state index contributed by atoms with van der Waals surface area (Å²) in [6.07, 6.45) is 3.55. The van der Waals surface area contributed by atoms with E-state index < -0.39 is 0 Å². The molecule has 2 aromatic carbocycles. The summed E-state index contributed by atoms with van der Waals surface area (Å²) in [6, 6.07) is 15.7. The number of fused-ring (bicyclic) bond motifs is 1. The van der Waals surface area contributed by atoms with E-state index in [1.54, 1.807) is 11.1 Å². The standard InChI is InChI=1S/C21H20ClN5O/c1-14-5-7-17(8-6-14)24-21-20(15-3-2-4-16(22)11-15)25-18-13-26(19(28)12-23)9-10-27(18)21/h2-11,24H,12-13,23H2,1H3. The van der Waals surface area contributed by atoms with Gasteiger partial charge in [-0.1, -0.05) is 41.4 Å². The van der Waals surface area contributed by atoms with Crippen LogP contribution in [-0.4, -0.2) is 26.9 Å². The predicted octanol–water partition coefficient (Wildman–Crippen LogP) is 3.98. The number of aromatic nitrogens is 2. The van der Waals surface area contributed by atoms with Crippen molar-refractivity contribution in [3.8, 4) is 11.3 Å². The number of imidazole rings is 1. The van der Waals surface area contributed by atoms with Crippen LogP contribution >= 0.6 is 11.6 Å². The van der Waals surface area contributed by atoms with Gasteiger partial charge in [-0.3, -0.25) is 9.36 Å². The van der Waals surface area contributed by atoms with Gasteiger partial charge in [0, 0.05) is 28.7 Å². The van der Waals surface area contributed by atoms with Gasteiger partial charge in [0.1, 0.15) is 17.3 Å². The molecule has 0 unspecified atom stereocenters. The number of hydrogen-bond acceptors (Lipinski definition) is 4. The Labute approximate surface area is 168 Å². The van der Waals surface area contributed by atoms with Crippen LogP contribution in [0, 0.1) is 6.92 Å². The largest absolute Gasteiger partial charge is 0.339 e. The van der Waals surface area contributed by atoms with Gasteiger partial charge in [-0.15, -0.1) is 0 Å². The van der Waals surface area contributed by atoms with Gasteiger partial charge in [0.15, 0.2) is 0 Å². The van der Waals surface area contributed by atoms with Gasteiger partial charge in [-0.25, -0.2) is 4.98 Å². The van der Waals surface area contributed by atoms with Crippen molar-refractivity contribution in [3.05, 3.63) is 71.1 Å². The first-order chi connectivity index (χ1) is 13.5. The predicted molar refractivity (Wildman–Crippen MR) is 112 cm³/mol. The highest BCUT2D eigenvalue weighted by atomic mass is 35.5. The SMILES string of the molecule is Cc1ccc(Nc2c(-c3cccc(Cl)c3)nc3n2C=CN(C(=O)CN)C3)cc1. The molecule has 0 saturated carbocycles. The molecule has 3 aromatic rings. The molecule has 0 aliphatic carbocycles. The minimum atomic E-state index is -0.150. The summed E-state index contributed by atoms with van der Waals surface area (Å²) in [5, 5.41) is 4.10. The number of amides is 1. The fourth-order valence-electron chi connectivity index (χ4n) is 3.12. The zero-order valence-corrected chi connectivity index (χ0v) is 16.1. The zero-order chi connectivity index (χ0) is 19.7. The highest BCUT2D eigenvalue weighted by molar-refractivity contribution is 6.30. The first-order valence-corrected chi connectivity index (χ1v) is 9.31. The van der Waals surface area contributed by atoms with Crippen molar-refractivity contribution < 1.29 is 4.79 Å². The Kier molecular flexibility index (Phi) is 4.90. The fraction of sp³-hybridized carbons (Fsp3) is 0.143. The Morgan fingerprint density at radius 3 is 2.71 bits per heavy atom. The maximum Gasteiger partial charge on any atom is 0.240 e. The lowest BCUT2D eigenvalue weighted by atomic mass is 10.1. The number of benzene rings is 2. The Balaban J connectivity index is 1.79. The molecule has 4 rings (SSSR count). The van der Waals surface area contributed by atoms with E-state index in [2.05, 4.69) is 5.32 Å². The molecular formula is C21H20ClN5O. The summed E-state index contributed by atoms with van der Waals surface area (Å²) in [5.41, 5.74) is 9.30. The third-order valence-corrected chi connectivity index (χ3v) is 4.83. The number of hydrogen-bond donors (Lipinski definition) is 2. The van der Waals surface area contributed by atoms with E-state index in [1.165, 1.54) is 5.56 Å². The Bertz CT molecular complexity index is 1060. The molecule has 142 valence electrons. The van der Waals surface area contributed by atoms with Gasteiger partial charge in [0.2, 0.25) is 5.91 Å². The monoisotopic (exact) mass is 393 g/mol. The molecule has 6 nitrogen and oxygen atoms in total. The van der Waals surface area contributed by atoms with Gasteiger partial charge < -0.3 is 16.0 Å². The van der Waals surface area contributed by atoms with Crippen molar-refractivity contribution in [1.29, 1.82) is 0 Å². The van der Waals surface area contributed by atoms with E-state index in [4.69, 9.17) is 22.3 Å². The number of rotatable bonds is 4. The van der Waals surface area contributed by atoms with E-state index in [0.29, 0.717) is 11.6 Å². The molecule has 0 saturated heterocycles. The average molecular weight is 394 g/mol. The Morgan fingerprint density at radius 1 is 1.21 bits per heavy atom. The zero-order valence-electron chi connectivity index (χ0n) is 15.4. The van der Waals surface area contributed by atoms with Crippen molar-refractivity contribution >= 4 is 35.2 Å². The maximum atomic E-state index is 12.0. The minimum Gasteiger partial charge on any atom is -0.339 e. The summed E-state index contributed by atoms with van der Waals surface area (Å²) >= 11 is 6.20. The lowest BCUT2D eigenvalue weighted by molar-refractivity contribution is -0.127. The maximum absolute atomic E-state index is 12.0. The Morgan fingerprint density at radius 2 is 2.00 bits per heavy atom. The third kappa shape index (κ3) is 3.52. The topological polar surface area (TPSA) is 76.2 Å². The quantitative estimate of drug-likeness (QED) is 0.702. The molecule has 0 fully saturated rings. The lowest BCUT2D eigenvalue weighted by Crippen LogP contribution is -2.33. The molecule has 2 heterocycles. The summed E-state index contributed by atoms with van der Waals surface area (Å²) < 4.78 is 1.95. The molecule has 1 aromatic heterocycles. The molecule has 1 amide bonds. The van der Waals surface area contributed by atoms with Gasteiger partial charge in [-0.05, 0) is 31.2 Å². The molecule has 1 aliphatic rings. The first kappa shape index (κ1) is 18.3. The second kappa shape index (κ2) is 7.50. The number of aryl methyl sites for hydroxylation is 1. The third-order valence-electron chi connectivity index (χ3n) is 4.60. The molecule has 0 bridgehead atoms. The molecular weight excluding hydrogens is 374 g/mol. The van der Waals surface area contributed by atoms with Crippen LogP contribution in [-0.2, 0) is 11.3 Å². The van der Waals surface area contributed by atoms with Crippen molar-refractivity contribution in [2.45, 2.75) is 13.5 Å². The van der Waals surface area contributed by atoms with Gasteiger partial charge in [0.25, 0.3) is 0 Å². The van der Waals surface area contributed by atoms with Crippen LogP contribution in [0.5, 0.6) is 0 Å². The summed E-state index contributed by atoms with van der Waals surface area (Å²) in [5.74, 6) is 1.41. The van der Waals surface area contributed by atoms with Crippen LogP contribution in [0.4, 0.5) is 11.5 Å². The van der Waals surface area contributed by atoms with E-state index in [9.17, 15) is 4.79 Å². The number of nitrogens with one attached hydrogen (secondary N) is 1. The molecule has 28 heavy (non-hydrogen) atoms. The number of carbonyl (C=O) groups excluding carboxylic acids is 1. The van der Waals surface area contributed by atoms with Crippen LogP contribution in [0.15, 0.2) is 54.7 Å². The Hall–Kier alpha value is -3.09. The van der Waals surface area contributed by atoms with E-state index >= 15 is 0 Å². The second-order valence-electron chi connectivity index (χ2n) is 6.62. The average Bonchev–Trinajstić information content (AvgIpc) is 3.06. The van der Waals surface area contributed by atoms with Crippen LogP contribution < -0.4 is 11.1 Å². The van der Waals surface area contributed by atoms with Crippen LogP contribution in [0.2, 0.25) is 5.02 Å². The van der Waals surface area contributed by atoms with Crippen molar-refractivity contribution in [3.63, 3.8) is 0 Å². The van der Waals surface area contributed by atoms with Crippen LogP contribution in [0.25, 0.3) is 17.5 Å². The molecule has 0 atom stereocenters. The lowest BCUT2D eigenvalue weighted by Gasteiger charge is -2.22. The van der Waals surface area contributed by atoms with Crippen molar-refractivity contribution in [2.75, 3.05) is 11.9 Å². The summed E-state index contributed by atoms with van der Waals surface area (Å²) in [4.78, 5) is 18.4. The van der Waals surface area contributed by atoms with E-state index in [1.807, 2.05) is 66.2 Å². The second-order valence-corrected chi connectivity index (χ2v) is 7.06. The smallest absolute Gasteiger partial charge is 0.240 e. The normalized spacial score (nSPS) is 12.8. The van der Waals surface area contributed by atoms with E-state index in [-0.39, 0.29) is 12.5 Å². The summed E-state index contributed by atoms with van der Waals surface area (Å²) in [7, 11) is 0. The van der Waals surface area contributed by atoms with Crippen molar-refractivity contribution in [1.82, 2.24) is 14.5 Å². The van der Waals surface area contributed by atoms with Gasteiger partial charge in [0.05, 0.1) is 13.1 Å². The number of nitrogens with zero attached hydrogens (tertiary/aromatic N) is 3. The minimum absolute atomic E-state index is 0.0410. The highest BCUT2D eigenvalue weighted by Crippen LogP contribution is 2.34. The fourth-order valence-corrected chi connectivity index (χ4v) is 3.31. The molecule has 7 heteroatoms. The van der Waals surface area contributed by atoms with Crippen LogP contribution in [0.3, 0.4) is 0 Å². The number of anilines is 2. The molecule has 0 spiro atoms. The number of halogens is 1. The highest BCUT2D eigenvalue weighted by Gasteiger charge is 2.23. The first-order valence-electron chi connectivity index (χ1n) is 8.94. The van der Waals surface area contributed by atoms with Gasteiger partial charge >= 0.3 is 0 Å². The van der Waals surface area contributed by atoms with Crippen LogP contribution in [0.1, 0.15) is 11.4 Å². The van der Waals surface area contributed by atoms with E-state index in [0.717, 1.165) is 28.6 Å². The summed E-state index contributed by atoms with van der Waals surface area (Å²) in [6.45, 7) is 2.37. The molecule has 3 N–H and O–H groups in total. The molecule has 1 aliphatic heterocycles. The number of carbonyl (C=O) groups is 1.